The summed E-state index contributed by atoms with van der Waals surface area (Å²) >= 11 is 0. The SMILES string of the molecule is C[C@@H]1NC(=O)[C@H](Cc2ccccc2)NC(=O)[C@@H](NC(=O)[C@H](Cc2ccc(O)cc2)NC(N)=O)CSSC[C@@H](C(=O)O)NC(=O)[C@H](Cc2ccccc2)NC(=O)[C@@H]([C@@H](C)O)NC(=O)[C@H](CCCCN)NC(=O)[C@H](Cc2c[nH]c3ccccc23)NC1=O. The van der Waals surface area contributed by atoms with E-state index in [0.717, 1.165) is 21.6 Å². The van der Waals surface area contributed by atoms with Crippen LogP contribution in [0.1, 0.15) is 55.4 Å². The van der Waals surface area contributed by atoms with Crippen LogP contribution in [-0.2, 0) is 68.8 Å². The molecule has 0 spiro atoms. The Bertz CT molecular complexity index is 3120. The largest absolute Gasteiger partial charge is 0.508 e. The van der Waals surface area contributed by atoms with E-state index >= 15 is 0 Å². The standard InChI is InChI=1S/C58H72N12O13S2/c1-32-49(73)64-45(28-37-29-61-40-18-10-9-17-39(37)40)54(78)63-41(19-11-12-24-59)50(74)70-48(33(2)71)56(80)66-43(26-35-15-7-4-8-16-35)52(76)68-47(57(81)82)31-85-84-30-46(55(79)65-42(51(75)62-32)25-34-13-5-3-6-14-34)67-53(77)44(69-58(60)83)27-36-20-22-38(72)23-21-36/h3-10,13-18,20-23,29,32-33,41-48,61,71-72H,11-12,19,24-28,30-31,59H2,1-2H3,(H,62,75)(H,63,78)(H,64,73)(H,65,79)(H,66,80)(H,67,77)(H,68,76)(H,70,74)(H,81,82)(H3,60,69,83)/t32-,33+,41-,42-,43-,44-,45-,46-,47-,48+/m0/s1. The van der Waals surface area contributed by atoms with E-state index in [4.69, 9.17) is 11.5 Å². The maximum Gasteiger partial charge on any atom is 0.327 e. The minimum absolute atomic E-state index is 0.0290. The molecule has 0 aliphatic carbocycles. The lowest BCUT2D eigenvalue weighted by atomic mass is 10.0. The van der Waals surface area contributed by atoms with Crippen molar-refractivity contribution < 1.29 is 63.3 Å². The number of aromatic nitrogens is 1. The van der Waals surface area contributed by atoms with Gasteiger partial charge in [-0.3, -0.25) is 38.4 Å². The van der Waals surface area contributed by atoms with Crippen LogP contribution in [0.2, 0.25) is 0 Å². The lowest BCUT2D eigenvalue weighted by Crippen LogP contribution is -2.62. The molecule has 0 saturated carbocycles. The molecule has 10 atom stereocenters. The van der Waals surface area contributed by atoms with Crippen molar-refractivity contribution in [2.24, 2.45) is 11.5 Å². The summed E-state index contributed by atoms with van der Waals surface area (Å²) in [5, 5.41) is 55.3. The summed E-state index contributed by atoms with van der Waals surface area (Å²) in [7, 11) is 1.78. The second-order valence-corrected chi connectivity index (χ2v) is 22.9. The number of benzene rings is 4. The number of primary amides is 1. The summed E-state index contributed by atoms with van der Waals surface area (Å²) in [4.78, 5) is 143. The van der Waals surface area contributed by atoms with Gasteiger partial charge in [0.2, 0.25) is 47.3 Å². The number of aliphatic hydroxyl groups is 1. The van der Waals surface area contributed by atoms with Gasteiger partial charge in [-0.15, -0.1) is 0 Å². The van der Waals surface area contributed by atoms with Gasteiger partial charge in [-0.25, -0.2) is 9.59 Å². The number of rotatable bonds is 17. The van der Waals surface area contributed by atoms with Crippen molar-refractivity contribution >= 4 is 91.7 Å². The van der Waals surface area contributed by atoms with E-state index in [1.807, 2.05) is 6.07 Å². The van der Waals surface area contributed by atoms with Crippen LogP contribution in [0, 0.1) is 0 Å². The van der Waals surface area contributed by atoms with Crippen LogP contribution in [0.15, 0.2) is 115 Å². The number of nitrogens with two attached hydrogens (primary N) is 2. The molecule has 1 fully saturated rings. The van der Waals surface area contributed by atoms with Crippen molar-refractivity contribution in [1.82, 2.24) is 52.8 Å². The molecule has 4 aromatic carbocycles. The molecule has 27 heteroatoms. The fourth-order valence-corrected chi connectivity index (χ4v) is 11.5. The highest BCUT2D eigenvalue weighted by molar-refractivity contribution is 8.76. The summed E-state index contributed by atoms with van der Waals surface area (Å²) in [6.07, 6.45) is 0.0864. The summed E-state index contributed by atoms with van der Waals surface area (Å²) < 4.78 is 0. The van der Waals surface area contributed by atoms with Crippen LogP contribution in [0.4, 0.5) is 4.79 Å². The molecule has 1 aliphatic rings. The molecule has 10 amide bonds. The van der Waals surface area contributed by atoms with Gasteiger partial charge in [0.25, 0.3) is 0 Å². The molecule has 0 bridgehead atoms. The summed E-state index contributed by atoms with van der Waals surface area (Å²) in [5.74, 6) is -9.59. The van der Waals surface area contributed by atoms with E-state index in [-0.39, 0.29) is 55.9 Å². The number of fused-ring (bicyclic) bond motifs is 1. The number of carboxylic acid groups (broad SMARTS) is 1. The number of carbonyl (C=O) groups is 10. The summed E-state index contributed by atoms with van der Waals surface area (Å²) in [5.41, 5.74) is 14.2. The van der Waals surface area contributed by atoms with Crippen molar-refractivity contribution in [3.05, 3.63) is 138 Å². The highest BCUT2D eigenvalue weighted by Gasteiger charge is 2.37. The predicted molar refractivity (Wildman–Crippen MR) is 319 cm³/mol. The Morgan fingerprint density at radius 3 is 1.78 bits per heavy atom. The van der Waals surface area contributed by atoms with Crippen molar-refractivity contribution in [3.63, 3.8) is 0 Å². The van der Waals surface area contributed by atoms with Gasteiger partial charge in [-0.05, 0) is 80.1 Å². The molecule has 454 valence electrons. The molecule has 1 aliphatic heterocycles. The van der Waals surface area contributed by atoms with Crippen molar-refractivity contribution in [1.29, 1.82) is 0 Å². The number of carbonyl (C=O) groups excluding carboxylic acids is 9. The third-order valence-corrected chi connectivity index (χ3v) is 16.2. The first kappa shape index (κ1) is 65.5. The Balaban J connectivity index is 1.39. The first-order valence-electron chi connectivity index (χ1n) is 27.4. The first-order valence-corrected chi connectivity index (χ1v) is 29.9. The fraction of sp³-hybridized carbons (Fsp3) is 0.379. The van der Waals surface area contributed by atoms with Gasteiger partial charge in [0.15, 0.2) is 0 Å². The zero-order valence-electron chi connectivity index (χ0n) is 46.7. The van der Waals surface area contributed by atoms with Gasteiger partial charge < -0.3 is 79.6 Å². The van der Waals surface area contributed by atoms with Crippen LogP contribution in [0.3, 0.4) is 0 Å². The molecule has 25 nitrogen and oxygen atoms in total. The number of unbranched alkanes of at least 4 members (excludes halogenated alkanes) is 1. The highest BCUT2D eigenvalue weighted by atomic mass is 33.1. The number of aliphatic hydroxyl groups excluding tert-OH is 1. The third kappa shape index (κ3) is 20.3. The van der Waals surface area contributed by atoms with Crippen LogP contribution in [-0.4, -0.2) is 158 Å². The average Bonchev–Trinajstić information content (AvgIpc) is 3.72. The number of phenols is 1. The average molecular weight is 1210 g/mol. The maximum atomic E-state index is 14.7. The minimum Gasteiger partial charge on any atom is -0.508 e. The van der Waals surface area contributed by atoms with E-state index in [1.165, 1.54) is 38.1 Å². The molecule has 85 heavy (non-hydrogen) atoms. The quantitative estimate of drug-likeness (QED) is 0.0433. The van der Waals surface area contributed by atoms with Crippen molar-refractivity contribution in [2.75, 3.05) is 18.1 Å². The number of aromatic hydroxyl groups is 1. The number of nitrogens with one attached hydrogen (secondary N) is 10. The number of para-hydroxylation sites is 1. The van der Waals surface area contributed by atoms with Crippen LogP contribution in [0.25, 0.3) is 10.9 Å². The summed E-state index contributed by atoms with van der Waals surface area (Å²) in [6.45, 7) is 2.79. The molecule has 2 heterocycles. The van der Waals surface area contributed by atoms with Gasteiger partial charge in [-0.1, -0.05) is 113 Å². The first-order chi connectivity index (χ1) is 40.7. The second-order valence-electron chi connectivity index (χ2n) is 20.4. The second kappa shape index (κ2) is 32.4. The zero-order chi connectivity index (χ0) is 61.6. The third-order valence-electron chi connectivity index (χ3n) is 13.8. The number of amides is 10. The molecule has 17 N–H and O–H groups in total. The van der Waals surface area contributed by atoms with Crippen LogP contribution >= 0.6 is 21.6 Å². The Kier molecular flexibility index (Phi) is 25.0. The number of urea groups is 1. The minimum atomic E-state index is -1.74. The van der Waals surface area contributed by atoms with E-state index in [0.29, 0.717) is 46.0 Å². The van der Waals surface area contributed by atoms with E-state index in [2.05, 4.69) is 52.8 Å². The van der Waals surface area contributed by atoms with Crippen molar-refractivity contribution in [2.45, 2.75) is 119 Å². The van der Waals surface area contributed by atoms with Gasteiger partial charge in [0.1, 0.15) is 60.1 Å². The topological polar surface area (TPSA) is 407 Å². The van der Waals surface area contributed by atoms with Gasteiger partial charge in [0.05, 0.1) is 6.10 Å². The predicted octanol–water partition coefficient (Wildman–Crippen LogP) is 0.0687. The van der Waals surface area contributed by atoms with Crippen molar-refractivity contribution in [3.8, 4) is 5.75 Å². The lowest BCUT2D eigenvalue weighted by Gasteiger charge is -2.28. The fourth-order valence-electron chi connectivity index (χ4n) is 9.13. The van der Waals surface area contributed by atoms with Crippen LogP contribution < -0.4 is 59.3 Å². The Morgan fingerprint density at radius 1 is 0.624 bits per heavy atom. The lowest BCUT2D eigenvalue weighted by molar-refractivity contribution is -0.141. The molecule has 6 rings (SSSR count). The molecule has 0 radical (unpaired) electrons. The maximum absolute atomic E-state index is 14.7. The Labute approximate surface area is 497 Å². The number of H-pyrrole nitrogens is 1. The number of hydrogen-bond donors (Lipinski definition) is 15. The molecule has 5 aromatic rings. The highest BCUT2D eigenvalue weighted by Crippen LogP contribution is 2.24. The molecule has 1 aromatic heterocycles. The monoisotopic (exact) mass is 1210 g/mol. The van der Waals surface area contributed by atoms with E-state index in [1.54, 1.807) is 85.1 Å². The van der Waals surface area contributed by atoms with E-state index in [9.17, 15) is 63.3 Å². The smallest absolute Gasteiger partial charge is 0.327 e. The zero-order valence-corrected chi connectivity index (χ0v) is 48.3. The molecule has 1 saturated heterocycles. The normalized spacial score (nSPS) is 22.6. The molecule has 0 unspecified atom stereocenters. The Hall–Kier alpha value is -8.66. The number of carboxylic acids is 1. The number of aromatic amines is 1. The van der Waals surface area contributed by atoms with Gasteiger partial charge in [0, 0.05) is 54.3 Å². The summed E-state index contributed by atoms with van der Waals surface area (Å²) in [6, 6.07) is 15.3. The number of hydrogen-bond acceptors (Lipinski definition) is 15. The van der Waals surface area contributed by atoms with Crippen LogP contribution in [0.5, 0.6) is 5.75 Å². The van der Waals surface area contributed by atoms with Gasteiger partial charge >= 0.3 is 12.0 Å². The molecular formula is C58H72N12O13S2. The van der Waals surface area contributed by atoms with Gasteiger partial charge in [-0.2, -0.15) is 0 Å². The number of phenolic OH excluding ortho intramolecular Hbond substituents is 1. The number of aliphatic carboxylic acids is 1. The van der Waals surface area contributed by atoms with E-state index < -0.39 is 120 Å². The molecular weight excluding hydrogens is 1140 g/mol. The Morgan fingerprint density at radius 2 is 1.16 bits per heavy atom.